The number of aliphatic hydroxyl groups excluding tert-OH is 1. The molecule has 0 saturated carbocycles. The predicted molar refractivity (Wildman–Crippen MR) is 96.8 cm³/mol. The molecule has 3 heterocycles. The van der Waals surface area contributed by atoms with Crippen molar-refractivity contribution in [2.75, 3.05) is 26.2 Å². The number of aromatic nitrogens is 1. The minimum Gasteiger partial charge on any atom is -0.395 e. The molecule has 0 amide bonds. The molecule has 2 saturated heterocycles. The molecule has 2 unspecified atom stereocenters. The first-order chi connectivity index (χ1) is 12.2. The van der Waals surface area contributed by atoms with Crippen molar-refractivity contribution in [3.63, 3.8) is 0 Å². The number of hydrogen-bond acceptors (Lipinski definition) is 4. The summed E-state index contributed by atoms with van der Waals surface area (Å²) in [7, 11) is 0. The van der Waals surface area contributed by atoms with Crippen LogP contribution in [0.1, 0.15) is 31.2 Å². The second kappa shape index (κ2) is 7.36. The Morgan fingerprint density at radius 3 is 2.76 bits per heavy atom. The molecule has 2 atom stereocenters. The van der Waals surface area contributed by atoms with Crippen LogP contribution in [0.3, 0.4) is 0 Å². The molecule has 25 heavy (non-hydrogen) atoms. The Hall–Kier alpha value is -1.56. The number of rotatable bonds is 5. The fraction of sp³-hybridized carbons (Fsp3) is 0.550. The van der Waals surface area contributed by atoms with Crippen LogP contribution < -0.4 is 0 Å². The highest BCUT2D eigenvalue weighted by molar-refractivity contribution is 5.81. The Bertz CT molecular complexity index is 738. The van der Waals surface area contributed by atoms with Crippen LogP contribution in [0.15, 0.2) is 30.5 Å². The molecule has 1 N–H and O–H groups in total. The first-order valence-corrected chi connectivity index (χ1v) is 9.36. The highest BCUT2D eigenvalue weighted by atomic mass is 19.1. The van der Waals surface area contributed by atoms with Crippen LogP contribution in [0, 0.1) is 5.82 Å². The van der Waals surface area contributed by atoms with Crippen molar-refractivity contribution < 1.29 is 9.50 Å². The van der Waals surface area contributed by atoms with Gasteiger partial charge in [0.1, 0.15) is 5.82 Å². The van der Waals surface area contributed by atoms with Gasteiger partial charge in [-0.15, -0.1) is 0 Å². The third kappa shape index (κ3) is 3.54. The molecular weight excluding hydrogens is 317 g/mol. The van der Waals surface area contributed by atoms with Crippen molar-refractivity contribution in [3.8, 4) is 0 Å². The molecular formula is C20H26FN3O. The number of benzene rings is 1. The lowest BCUT2D eigenvalue weighted by molar-refractivity contribution is 0.120. The van der Waals surface area contributed by atoms with E-state index in [0.717, 1.165) is 49.1 Å². The van der Waals surface area contributed by atoms with Gasteiger partial charge in [0.15, 0.2) is 0 Å². The number of hydrogen-bond donors (Lipinski definition) is 1. The smallest absolute Gasteiger partial charge is 0.124 e. The van der Waals surface area contributed by atoms with Crippen LogP contribution in [0.4, 0.5) is 4.39 Å². The van der Waals surface area contributed by atoms with Gasteiger partial charge in [0.2, 0.25) is 0 Å². The van der Waals surface area contributed by atoms with Crippen LogP contribution in [-0.2, 0) is 6.54 Å². The average Bonchev–Trinajstić information content (AvgIpc) is 3.24. The Balaban J connectivity index is 1.52. The summed E-state index contributed by atoms with van der Waals surface area (Å²) in [6.07, 6.45) is 6.41. The summed E-state index contributed by atoms with van der Waals surface area (Å²) < 4.78 is 14.0. The van der Waals surface area contributed by atoms with E-state index in [4.69, 9.17) is 0 Å². The number of halogens is 1. The third-order valence-corrected chi connectivity index (χ3v) is 5.78. The standard InChI is InChI=1S/C20H26FN3O/c21-17-10-15-4-1-7-22-20(15)16(11-17)12-23-8-2-5-18(23)13-24-9-3-6-19(24)14-25/h1,4,7,10-11,18-19,25H,2-3,5-6,8-9,12-14H2. The minimum absolute atomic E-state index is 0.189. The zero-order chi connectivity index (χ0) is 17.2. The normalized spacial score (nSPS) is 25.2. The lowest BCUT2D eigenvalue weighted by Gasteiger charge is -2.31. The maximum absolute atomic E-state index is 14.0. The van der Waals surface area contributed by atoms with Gasteiger partial charge in [0, 0.05) is 36.8 Å². The molecule has 2 aliphatic rings. The van der Waals surface area contributed by atoms with Gasteiger partial charge in [0.25, 0.3) is 0 Å². The van der Waals surface area contributed by atoms with Crippen molar-refractivity contribution in [1.29, 1.82) is 0 Å². The molecule has 0 aliphatic carbocycles. The second-order valence-corrected chi connectivity index (χ2v) is 7.38. The number of nitrogens with zero attached hydrogens (tertiary/aromatic N) is 3. The number of fused-ring (bicyclic) bond motifs is 1. The molecule has 134 valence electrons. The molecule has 2 aromatic rings. The maximum atomic E-state index is 14.0. The molecule has 1 aromatic carbocycles. The zero-order valence-corrected chi connectivity index (χ0v) is 14.6. The van der Waals surface area contributed by atoms with Gasteiger partial charge in [-0.1, -0.05) is 6.07 Å². The fourth-order valence-corrected chi connectivity index (χ4v) is 4.49. The van der Waals surface area contributed by atoms with E-state index in [1.807, 2.05) is 12.1 Å². The van der Waals surface area contributed by atoms with E-state index in [1.165, 1.54) is 19.3 Å². The monoisotopic (exact) mass is 343 g/mol. The molecule has 4 rings (SSSR count). The van der Waals surface area contributed by atoms with Gasteiger partial charge >= 0.3 is 0 Å². The first kappa shape index (κ1) is 16.9. The summed E-state index contributed by atoms with van der Waals surface area (Å²) in [4.78, 5) is 9.38. The van der Waals surface area contributed by atoms with Crippen molar-refractivity contribution >= 4 is 10.9 Å². The van der Waals surface area contributed by atoms with Crippen LogP contribution in [-0.4, -0.2) is 58.2 Å². The van der Waals surface area contributed by atoms with Crippen LogP contribution >= 0.6 is 0 Å². The number of likely N-dealkylation sites (tertiary alicyclic amines) is 2. The summed E-state index contributed by atoms with van der Waals surface area (Å²) in [6, 6.07) is 7.77. The first-order valence-electron chi connectivity index (χ1n) is 9.36. The average molecular weight is 343 g/mol. The van der Waals surface area contributed by atoms with Crippen molar-refractivity contribution in [2.24, 2.45) is 0 Å². The van der Waals surface area contributed by atoms with Crippen LogP contribution in [0.2, 0.25) is 0 Å². The Morgan fingerprint density at radius 2 is 1.92 bits per heavy atom. The van der Waals surface area contributed by atoms with E-state index in [1.54, 1.807) is 18.3 Å². The van der Waals surface area contributed by atoms with Crippen molar-refractivity contribution in [2.45, 2.75) is 44.3 Å². The molecule has 0 bridgehead atoms. The molecule has 0 spiro atoms. The topological polar surface area (TPSA) is 39.6 Å². The highest BCUT2D eigenvalue weighted by Gasteiger charge is 2.31. The number of pyridine rings is 1. The van der Waals surface area contributed by atoms with E-state index < -0.39 is 0 Å². The van der Waals surface area contributed by atoms with Crippen molar-refractivity contribution in [1.82, 2.24) is 14.8 Å². The highest BCUT2D eigenvalue weighted by Crippen LogP contribution is 2.27. The Morgan fingerprint density at radius 1 is 1.12 bits per heavy atom. The van der Waals surface area contributed by atoms with Gasteiger partial charge in [-0.3, -0.25) is 14.8 Å². The minimum atomic E-state index is -0.189. The third-order valence-electron chi connectivity index (χ3n) is 5.78. The lowest BCUT2D eigenvalue weighted by Crippen LogP contribution is -2.43. The largest absolute Gasteiger partial charge is 0.395 e. The molecule has 2 aliphatic heterocycles. The van der Waals surface area contributed by atoms with E-state index in [9.17, 15) is 9.50 Å². The van der Waals surface area contributed by atoms with E-state index in [0.29, 0.717) is 12.1 Å². The maximum Gasteiger partial charge on any atom is 0.124 e. The van der Waals surface area contributed by atoms with Gasteiger partial charge in [0.05, 0.1) is 12.1 Å². The van der Waals surface area contributed by atoms with Gasteiger partial charge < -0.3 is 5.11 Å². The summed E-state index contributed by atoms with van der Waals surface area (Å²) >= 11 is 0. The van der Waals surface area contributed by atoms with E-state index in [2.05, 4.69) is 14.8 Å². The van der Waals surface area contributed by atoms with E-state index >= 15 is 0 Å². The van der Waals surface area contributed by atoms with Gasteiger partial charge in [-0.2, -0.15) is 0 Å². The summed E-state index contributed by atoms with van der Waals surface area (Å²) in [6.45, 7) is 4.14. The molecule has 2 fully saturated rings. The lowest BCUT2D eigenvalue weighted by atomic mass is 10.1. The van der Waals surface area contributed by atoms with Crippen molar-refractivity contribution in [3.05, 3.63) is 41.8 Å². The Kier molecular flexibility index (Phi) is 4.97. The van der Waals surface area contributed by atoms with Crippen LogP contribution in [0.25, 0.3) is 10.9 Å². The molecule has 1 aromatic heterocycles. The quantitative estimate of drug-likeness (QED) is 0.906. The summed E-state index contributed by atoms with van der Waals surface area (Å²) in [5, 5.41) is 10.4. The summed E-state index contributed by atoms with van der Waals surface area (Å²) in [5.74, 6) is -0.189. The van der Waals surface area contributed by atoms with Crippen LogP contribution in [0.5, 0.6) is 0 Å². The second-order valence-electron chi connectivity index (χ2n) is 7.38. The van der Waals surface area contributed by atoms with Gasteiger partial charge in [-0.25, -0.2) is 4.39 Å². The SMILES string of the molecule is OCC1CCCN1CC1CCCN1Cc1cc(F)cc2cccnc12. The number of aliphatic hydroxyl groups is 1. The molecule has 4 nitrogen and oxygen atoms in total. The molecule has 5 heteroatoms. The Labute approximate surface area is 148 Å². The predicted octanol–water partition coefficient (Wildman–Crippen LogP) is 2.80. The zero-order valence-electron chi connectivity index (χ0n) is 14.6. The molecule has 0 radical (unpaired) electrons. The summed E-state index contributed by atoms with van der Waals surface area (Å²) in [5.41, 5.74) is 1.88. The fourth-order valence-electron chi connectivity index (χ4n) is 4.49. The van der Waals surface area contributed by atoms with E-state index in [-0.39, 0.29) is 12.4 Å². The van der Waals surface area contributed by atoms with Gasteiger partial charge in [-0.05, 0) is 62.5 Å².